The molecule has 0 saturated carbocycles. The number of hydrogen-bond donors (Lipinski definition) is 2. The third-order valence-corrected chi connectivity index (χ3v) is 2.07. The number of aryl methyl sites for hydroxylation is 1. The highest BCUT2D eigenvalue weighted by molar-refractivity contribution is 5.79. The van der Waals surface area contributed by atoms with Crippen LogP contribution in [0.15, 0.2) is 24.3 Å². The molecule has 0 bridgehead atoms. The standard InChI is InChI=1S/C10H14N2O/c1-7-4-2-3-5-8(7)6-9(11)10(12)13/h2-5,9H,6,11H2,1H3,(H2,12,13)/t9-/m0/s1. The molecule has 3 nitrogen and oxygen atoms in total. The summed E-state index contributed by atoms with van der Waals surface area (Å²) in [5, 5.41) is 0. The third kappa shape index (κ3) is 2.56. The first-order valence-electron chi connectivity index (χ1n) is 4.20. The first-order valence-corrected chi connectivity index (χ1v) is 4.20. The number of primary amides is 1. The van der Waals surface area contributed by atoms with Crippen LogP contribution in [0.3, 0.4) is 0 Å². The van der Waals surface area contributed by atoms with Crippen molar-refractivity contribution in [1.29, 1.82) is 0 Å². The Kier molecular flexibility index (Phi) is 3.03. The van der Waals surface area contributed by atoms with Crippen LogP contribution in [0.5, 0.6) is 0 Å². The Morgan fingerprint density at radius 2 is 2.08 bits per heavy atom. The zero-order valence-electron chi connectivity index (χ0n) is 7.66. The van der Waals surface area contributed by atoms with Crippen LogP contribution in [0.4, 0.5) is 0 Å². The number of carbonyl (C=O) groups is 1. The highest BCUT2D eigenvalue weighted by atomic mass is 16.1. The molecule has 1 aromatic rings. The number of rotatable bonds is 3. The minimum absolute atomic E-state index is 0.455. The van der Waals surface area contributed by atoms with Gasteiger partial charge < -0.3 is 11.5 Å². The summed E-state index contributed by atoms with van der Waals surface area (Å²) in [5.41, 5.74) is 12.8. The molecule has 0 heterocycles. The first-order chi connectivity index (χ1) is 6.11. The molecule has 0 radical (unpaired) electrons. The van der Waals surface area contributed by atoms with Gasteiger partial charge in [0.05, 0.1) is 6.04 Å². The maximum absolute atomic E-state index is 10.7. The molecule has 13 heavy (non-hydrogen) atoms. The van der Waals surface area contributed by atoms with Gasteiger partial charge in [-0.2, -0.15) is 0 Å². The average Bonchev–Trinajstić information content (AvgIpc) is 2.08. The second-order valence-corrected chi connectivity index (χ2v) is 3.14. The number of benzene rings is 1. The van der Waals surface area contributed by atoms with Crippen LogP contribution < -0.4 is 11.5 Å². The summed E-state index contributed by atoms with van der Waals surface area (Å²) in [6.45, 7) is 1.99. The average molecular weight is 178 g/mol. The van der Waals surface area contributed by atoms with Gasteiger partial charge >= 0.3 is 0 Å². The number of carbonyl (C=O) groups excluding carboxylic acids is 1. The quantitative estimate of drug-likeness (QED) is 0.701. The third-order valence-electron chi connectivity index (χ3n) is 2.07. The van der Waals surface area contributed by atoms with Gasteiger partial charge in [-0.15, -0.1) is 0 Å². The summed E-state index contributed by atoms with van der Waals surface area (Å²) in [6.07, 6.45) is 0.516. The van der Waals surface area contributed by atoms with Crippen LogP contribution >= 0.6 is 0 Å². The summed E-state index contributed by atoms with van der Waals surface area (Å²) in [6, 6.07) is 7.24. The molecule has 0 aliphatic rings. The Balaban J connectivity index is 2.74. The van der Waals surface area contributed by atoms with Crippen LogP contribution in [0.2, 0.25) is 0 Å². The van der Waals surface area contributed by atoms with Gasteiger partial charge in [0.25, 0.3) is 0 Å². The SMILES string of the molecule is Cc1ccccc1C[C@H](N)C(N)=O. The Hall–Kier alpha value is -1.35. The molecular formula is C10H14N2O. The molecule has 0 unspecified atom stereocenters. The highest BCUT2D eigenvalue weighted by Gasteiger charge is 2.10. The van der Waals surface area contributed by atoms with Gasteiger partial charge in [0.1, 0.15) is 0 Å². The molecule has 4 N–H and O–H groups in total. The van der Waals surface area contributed by atoms with Gasteiger partial charge in [0.2, 0.25) is 5.91 Å². The smallest absolute Gasteiger partial charge is 0.234 e. The number of hydrogen-bond acceptors (Lipinski definition) is 2. The lowest BCUT2D eigenvalue weighted by atomic mass is 10.0. The van der Waals surface area contributed by atoms with Crippen molar-refractivity contribution >= 4 is 5.91 Å². The molecule has 70 valence electrons. The molecule has 0 aromatic heterocycles. The van der Waals surface area contributed by atoms with E-state index in [1.54, 1.807) is 0 Å². The first kappa shape index (κ1) is 9.74. The van der Waals surface area contributed by atoms with Crippen LogP contribution in [-0.2, 0) is 11.2 Å². The molecule has 0 aliphatic carbocycles. The predicted octanol–water partition coefficient (Wildman–Crippen LogP) is 0.350. The largest absolute Gasteiger partial charge is 0.368 e. The summed E-state index contributed by atoms with van der Waals surface area (Å²) in [7, 11) is 0. The molecule has 0 spiro atoms. The van der Waals surface area contributed by atoms with Crippen molar-refractivity contribution < 1.29 is 4.79 Å². The molecule has 3 heteroatoms. The number of nitrogens with two attached hydrogens (primary N) is 2. The molecule has 1 atom stereocenters. The minimum Gasteiger partial charge on any atom is -0.368 e. The van der Waals surface area contributed by atoms with Gasteiger partial charge in [0.15, 0.2) is 0 Å². The van der Waals surface area contributed by atoms with Gasteiger partial charge in [-0.05, 0) is 24.5 Å². The fourth-order valence-corrected chi connectivity index (χ4v) is 1.18. The zero-order valence-corrected chi connectivity index (χ0v) is 7.66. The van der Waals surface area contributed by atoms with Crippen molar-refractivity contribution in [3.8, 4) is 0 Å². The van der Waals surface area contributed by atoms with Gasteiger partial charge in [-0.1, -0.05) is 24.3 Å². The fourth-order valence-electron chi connectivity index (χ4n) is 1.18. The van der Waals surface area contributed by atoms with E-state index in [0.29, 0.717) is 6.42 Å². The van der Waals surface area contributed by atoms with E-state index < -0.39 is 11.9 Å². The minimum atomic E-state index is -0.582. The maximum Gasteiger partial charge on any atom is 0.234 e. The van der Waals surface area contributed by atoms with Crippen molar-refractivity contribution in [2.24, 2.45) is 11.5 Å². The zero-order chi connectivity index (χ0) is 9.84. The van der Waals surface area contributed by atoms with Gasteiger partial charge in [-0.3, -0.25) is 4.79 Å². The normalized spacial score (nSPS) is 12.5. The van der Waals surface area contributed by atoms with Crippen molar-refractivity contribution in [3.05, 3.63) is 35.4 Å². The summed E-state index contributed by atoms with van der Waals surface area (Å²) >= 11 is 0. The van der Waals surface area contributed by atoms with Crippen molar-refractivity contribution in [1.82, 2.24) is 0 Å². The van der Waals surface area contributed by atoms with E-state index in [9.17, 15) is 4.79 Å². The second-order valence-electron chi connectivity index (χ2n) is 3.14. The molecular weight excluding hydrogens is 164 g/mol. The lowest BCUT2D eigenvalue weighted by Gasteiger charge is -2.09. The Morgan fingerprint density at radius 3 is 2.62 bits per heavy atom. The van der Waals surface area contributed by atoms with Crippen LogP contribution in [-0.4, -0.2) is 11.9 Å². The van der Waals surface area contributed by atoms with E-state index in [4.69, 9.17) is 11.5 Å². The van der Waals surface area contributed by atoms with Gasteiger partial charge in [0, 0.05) is 0 Å². The highest BCUT2D eigenvalue weighted by Crippen LogP contribution is 2.08. The van der Waals surface area contributed by atoms with E-state index in [-0.39, 0.29) is 0 Å². The summed E-state index contributed by atoms with van der Waals surface area (Å²) in [4.78, 5) is 10.7. The van der Waals surface area contributed by atoms with Crippen LogP contribution in [0.1, 0.15) is 11.1 Å². The van der Waals surface area contributed by atoms with E-state index in [1.807, 2.05) is 31.2 Å². The Labute approximate surface area is 77.7 Å². The monoisotopic (exact) mass is 178 g/mol. The van der Waals surface area contributed by atoms with E-state index in [1.165, 1.54) is 0 Å². The molecule has 0 saturated heterocycles. The van der Waals surface area contributed by atoms with Gasteiger partial charge in [-0.25, -0.2) is 0 Å². The summed E-state index contributed by atoms with van der Waals surface area (Å²) in [5.74, 6) is -0.455. The van der Waals surface area contributed by atoms with Crippen molar-refractivity contribution in [2.45, 2.75) is 19.4 Å². The molecule has 1 rings (SSSR count). The lowest BCUT2D eigenvalue weighted by molar-refractivity contribution is -0.119. The number of amides is 1. The Morgan fingerprint density at radius 1 is 1.46 bits per heavy atom. The predicted molar refractivity (Wildman–Crippen MR) is 52.1 cm³/mol. The van der Waals surface area contributed by atoms with Crippen molar-refractivity contribution in [2.75, 3.05) is 0 Å². The Bertz CT molecular complexity index is 310. The molecule has 0 aliphatic heterocycles. The van der Waals surface area contributed by atoms with E-state index >= 15 is 0 Å². The van der Waals surface area contributed by atoms with E-state index in [2.05, 4.69) is 0 Å². The fraction of sp³-hybridized carbons (Fsp3) is 0.300. The van der Waals surface area contributed by atoms with Crippen LogP contribution in [0.25, 0.3) is 0 Å². The topological polar surface area (TPSA) is 69.1 Å². The summed E-state index contributed by atoms with van der Waals surface area (Å²) < 4.78 is 0. The van der Waals surface area contributed by atoms with E-state index in [0.717, 1.165) is 11.1 Å². The van der Waals surface area contributed by atoms with Crippen LogP contribution in [0, 0.1) is 6.92 Å². The molecule has 0 fully saturated rings. The lowest BCUT2D eigenvalue weighted by Crippen LogP contribution is -2.38. The maximum atomic E-state index is 10.7. The van der Waals surface area contributed by atoms with Crippen molar-refractivity contribution in [3.63, 3.8) is 0 Å². The molecule has 1 amide bonds. The second kappa shape index (κ2) is 4.05. The molecule has 1 aromatic carbocycles.